The summed E-state index contributed by atoms with van der Waals surface area (Å²) in [5, 5.41) is 10.7. The number of rotatable bonds is 2. The molecule has 0 aliphatic rings. The first-order chi connectivity index (χ1) is 9.92. The van der Waals surface area contributed by atoms with Gasteiger partial charge in [0.05, 0.1) is 10.4 Å². The maximum Gasteiger partial charge on any atom is 0.172 e. The average Bonchev–Trinajstić information content (AvgIpc) is 3.19. The Labute approximate surface area is 118 Å². The van der Waals surface area contributed by atoms with Crippen LogP contribution in [0, 0.1) is 0 Å². The minimum atomic E-state index is 0.724. The molecule has 0 unspecified atom stereocenters. The molecular formula is C14H9N5S. The van der Waals surface area contributed by atoms with Crippen molar-refractivity contribution in [1.82, 2.24) is 24.7 Å². The summed E-state index contributed by atoms with van der Waals surface area (Å²) in [5.74, 6) is 1.52. The van der Waals surface area contributed by atoms with Crippen LogP contribution < -0.4 is 0 Å². The summed E-state index contributed by atoms with van der Waals surface area (Å²) >= 11 is 1.63. The van der Waals surface area contributed by atoms with Crippen molar-refractivity contribution in [3.05, 3.63) is 54.4 Å². The lowest BCUT2D eigenvalue weighted by molar-refractivity contribution is 0.996. The topological polar surface area (TPSA) is 56.5 Å². The smallest absolute Gasteiger partial charge is 0.172 e. The maximum atomic E-state index is 4.67. The molecule has 4 rings (SSSR count). The van der Waals surface area contributed by atoms with E-state index in [1.807, 2.05) is 41.8 Å². The Balaban J connectivity index is 2.05. The van der Waals surface area contributed by atoms with Crippen LogP contribution in [0.25, 0.3) is 27.4 Å². The van der Waals surface area contributed by atoms with Crippen molar-refractivity contribution in [1.29, 1.82) is 0 Å². The van der Waals surface area contributed by atoms with E-state index in [4.69, 9.17) is 0 Å². The van der Waals surface area contributed by atoms with Crippen LogP contribution in [0.2, 0.25) is 0 Å². The Morgan fingerprint density at radius 1 is 0.900 bits per heavy atom. The number of fused-ring (bicyclic) bond motifs is 1. The van der Waals surface area contributed by atoms with Crippen molar-refractivity contribution in [2.75, 3.05) is 0 Å². The van der Waals surface area contributed by atoms with Crippen LogP contribution in [0.3, 0.4) is 0 Å². The summed E-state index contributed by atoms with van der Waals surface area (Å²) in [5.41, 5.74) is 0.912. The molecule has 5 nitrogen and oxygen atoms in total. The molecule has 0 bridgehead atoms. The highest BCUT2D eigenvalue weighted by atomic mass is 32.1. The number of aromatic nitrogens is 5. The van der Waals surface area contributed by atoms with Gasteiger partial charge in [0.25, 0.3) is 0 Å². The normalized spacial score (nSPS) is 11.0. The Morgan fingerprint density at radius 3 is 2.55 bits per heavy atom. The van der Waals surface area contributed by atoms with Gasteiger partial charge in [0.15, 0.2) is 11.6 Å². The van der Waals surface area contributed by atoms with E-state index in [0.29, 0.717) is 0 Å². The van der Waals surface area contributed by atoms with Crippen LogP contribution in [0.5, 0.6) is 0 Å². The van der Waals surface area contributed by atoms with Crippen molar-refractivity contribution in [3.8, 4) is 16.5 Å². The number of para-hydroxylation sites is 1. The Bertz CT molecular complexity index is 853. The quantitative estimate of drug-likeness (QED) is 0.566. The van der Waals surface area contributed by atoms with E-state index in [1.165, 1.54) is 0 Å². The molecule has 0 saturated carbocycles. The van der Waals surface area contributed by atoms with Gasteiger partial charge >= 0.3 is 0 Å². The SMILES string of the molecule is c1csc(-c2nc(-n3cnnc3)c3ccccc3n2)c1. The Morgan fingerprint density at radius 2 is 1.75 bits per heavy atom. The van der Waals surface area contributed by atoms with Gasteiger partial charge in [-0.2, -0.15) is 0 Å². The highest BCUT2D eigenvalue weighted by Gasteiger charge is 2.11. The number of hydrogen-bond acceptors (Lipinski definition) is 5. The standard InChI is InChI=1S/C14H9N5S/c1-2-5-11-10(4-1)14(19-8-15-16-9-19)18-13(17-11)12-6-3-7-20-12/h1-9H. The lowest BCUT2D eigenvalue weighted by Crippen LogP contribution is -2.00. The van der Waals surface area contributed by atoms with Gasteiger partial charge in [-0.15, -0.1) is 21.5 Å². The molecule has 3 aromatic heterocycles. The first-order valence-electron chi connectivity index (χ1n) is 6.07. The van der Waals surface area contributed by atoms with Crippen LogP contribution in [0.15, 0.2) is 54.4 Å². The third kappa shape index (κ3) is 1.78. The van der Waals surface area contributed by atoms with E-state index in [-0.39, 0.29) is 0 Å². The molecular weight excluding hydrogens is 270 g/mol. The molecule has 0 aliphatic carbocycles. The fourth-order valence-corrected chi connectivity index (χ4v) is 2.74. The van der Waals surface area contributed by atoms with Gasteiger partial charge < -0.3 is 0 Å². The molecule has 20 heavy (non-hydrogen) atoms. The summed E-state index contributed by atoms with van der Waals surface area (Å²) in [6.45, 7) is 0. The average molecular weight is 279 g/mol. The van der Waals surface area contributed by atoms with Crippen LogP contribution in [0.4, 0.5) is 0 Å². The Kier molecular flexibility index (Phi) is 2.53. The third-order valence-electron chi connectivity index (χ3n) is 2.99. The molecule has 3 heterocycles. The van der Waals surface area contributed by atoms with E-state index < -0.39 is 0 Å². The van der Waals surface area contributed by atoms with E-state index in [9.17, 15) is 0 Å². The molecule has 0 saturated heterocycles. The largest absolute Gasteiger partial charge is 0.271 e. The van der Waals surface area contributed by atoms with Crippen molar-refractivity contribution in [2.24, 2.45) is 0 Å². The lowest BCUT2D eigenvalue weighted by Gasteiger charge is -2.07. The van der Waals surface area contributed by atoms with Crippen molar-refractivity contribution < 1.29 is 0 Å². The molecule has 0 atom stereocenters. The highest BCUT2D eigenvalue weighted by Crippen LogP contribution is 2.26. The van der Waals surface area contributed by atoms with Crippen LogP contribution in [0.1, 0.15) is 0 Å². The van der Waals surface area contributed by atoms with Crippen LogP contribution >= 0.6 is 11.3 Å². The van der Waals surface area contributed by atoms with E-state index in [2.05, 4.69) is 20.2 Å². The second-order valence-electron chi connectivity index (χ2n) is 4.23. The Hall–Kier alpha value is -2.60. The minimum absolute atomic E-state index is 0.724. The van der Waals surface area contributed by atoms with Gasteiger partial charge in [-0.1, -0.05) is 18.2 Å². The zero-order valence-electron chi connectivity index (χ0n) is 10.3. The van der Waals surface area contributed by atoms with Gasteiger partial charge in [0, 0.05) is 5.39 Å². The van der Waals surface area contributed by atoms with E-state index >= 15 is 0 Å². The van der Waals surface area contributed by atoms with Gasteiger partial charge in [-0.3, -0.25) is 4.57 Å². The number of thiophene rings is 1. The van der Waals surface area contributed by atoms with Crippen molar-refractivity contribution in [2.45, 2.75) is 0 Å². The molecule has 0 radical (unpaired) electrons. The highest BCUT2D eigenvalue weighted by molar-refractivity contribution is 7.13. The van der Waals surface area contributed by atoms with Crippen molar-refractivity contribution in [3.63, 3.8) is 0 Å². The molecule has 0 fully saturated rings. The zero-order chi connectivity index (χ0) is 13.4. The van der Waals surface area contributed by atoms with Crippen LogP contribution in [-0.4, -0.2) is 24.7 Å². The molecule has 0 aliphatic heterocycles. The summed E-state index contributed by atoms with van der Waals surface area (Å²) in [6, 6.07) is 12.0. The molecule has 0 amide bonds. The zero-order valence-corrected chi connectivity index (χ0v) is 11.2. The van der Waals surface area contributed by atoms with Gasteiger partial charge in [0.2, 0.25) is 0 Å². The van der Waals surface area contributed by atoms with Crippen LogP contribution in [-0.2, 0) is 0 Å². The van der Waals surface area contributed by atoms with Gasteiger partial charge in [-0.25, -0.2) is 9.97 Å². The van der Waals surface area contributed by atoms with Gasteiger partial charge in [-0.05, 0) is 23.6 Å². The molecule has 96 valence electrons. The first-order valence-corrected chi connectivity index (χ1v) is 6.95. The number of nitrogens with zero attached hydrogens (tertiary/aromatic N) is 5. The molecule has 1 aromatic carbocycles. The molecule has 0 N–H and O–H groups in total. The van der Waals surface area contributed by atoms with E-state index in [0.717, 1.165) is 27.4 Å². The van der Waals surface area contributed by atoms with Gasteiger partial charge in [0.1, 0.15) is 12.7 Å². The fourth-order valence-electron chi connectivity index (χ4n) is 2.08. The lowest BCUT2D eigenvalue weighted by atomic mass is 10.2. The summed E-state index contributed by atoms with van der Waals surface area (Å²) in [7, 11) is 0. The summed E-state index contributed by atoms with van der Waals surface area (Å²) < 4.78 is 1.81. The second kappa shape index (κ2) is 4.50. The summed E-state index contributed by atoms with van der Waals surface area (Å²) in [6.07, 6.45) is 3.29. The minimum Gasteiger partial charge on any atom is -0.271 e. The van der Waals surface area contributed by atoms with Crippen molar-refractivity contribution >= 4 is 22.2 Å². The summed E-state index contributed by atoms with van der Waals surface area (Å²) in [4.78, 5) is 10.3. The number of benzene rings is 1. The molecule has 0 spiro atoms. The van der Waals surface area contributed by atoms with E-state index in [1.54, 1.807) is 28.6 Å². The fraction of sp³-hybridized carbons (Fsp3) is 0. The second-order valence-corrected chi connectivity index (χ2v) is 5.18. The molecule has 4 aromatic rings. The maximum absolute atomic E-state index is 4.67. The molecule has 6 heteroatoms. The number of hydrogen-bond donors (Lipinski definition) is 0. The monoisotopic (exact) mass is 279 g/mol. The third-order valence-corrected chi connectivity index (χ3v) is 3.85. The predicted molar refractivity (Wildman–Crippen MR) is 77.8 cm³/mol. The predicted octanol–water partition coefficient (Wildman–Crippen LogP) is 2.94. The first kappa shape index (κ1) is 11.2.